The summed E-state index contributed by atoms with van der Waals surface area (Å²) in [6, 6.07) is 4.94. The van der Waals surface area contributed by atoms with Gasteiger partial charge in [0.15, 0.2) is 0 Å². The van der Waals surface area contributed by atoms with Crippen LogP contribution in [0.3, 0.4) is 0 Å². The Balaban J connectivity index is 1.53. The summed E-state index contributed by atoms with van der Waals surface area (Å²) in [5.41, 5.74) is 1.25. The van der Waals surface area contributed by atoms with Gasteiger partial charge < -0.3 is 10.2 Å². The van der Waals surface area contributed by atoms with Crippen LogP contribution in [0, 0.1) is 5.92 Å². The lowest BCUT2D eigenvalue weighted by Gasteiger charge is -2.40. The number of nitrogens with one attached hydrogen (secondary N) is 1. The number of hydrogen-bond donors (Lipinski definition) is 1. The highest BCUT2D eigenvalue weighted by Crippen LogP contribution is 2.23. The molecule has 0 bridgehead atoms. The van der Waals surface area contributed by atoms with Crippen LogP contribution in [-0.4, -0.2) is 59.5 Å². The molecule has 1 aromatic heterocycles. The molecule has 2 saturated heterocycles. The Morgan fingerprint density at radius 1 is 1.35 bits per heavy atom. The van der Waals surface area contributed by atoms with E-state index in [1.54, 1.807) is 0 Å². The number of aromatic nitrogens is 1. The molecule has 1 N–H and O–H groups in total. The normalized spacial score (nSPS) is 27.7. The molecule has 1 amide bonds. The van der Waals surface area contributed by atoms with Gasteiger partial charge in [-0.3, -0.25) is 14.7 Å². The second kappa shape index (κ2) is 7.41. The Hall–Kier alpha value is -1.46. The van der Waals surface area contributed by atoms with Crippen molar-refractivity contribution >= 4 is 5.91 Å². The van der Waals surface area contributed by atoms with Crippen molar-refractivity contribution in [2.75, 3.05) is 32.7 Å². The quantitative estimate of drug-likeness (QED) is 0.922. The van der Waals surface area contributed by atoms with Crippen molar-refractivity contribution in [3.8, 4) is 0 Å². The van der Waals surface area contributed by atoms with E-state index < -0.39 is 0 Å². The van der Waals surface area contributed by atoms with Crippen molar-refractivity contribution in [1.29, 1.82) is 0 Å². The van der Waals surface area contributed by atoms with E-state index in [1.807, 2.05) is 18.5 Å². The van der Waals surface area contributed by atoms with Gasteiger partial charge in [-0.1, -0.05) is 6.07 Å². The lowest BCUT2D eigenvalue weighted by atomic mass is 9.91. The molecule has 5 heteroatoms. The Kier molecular flexibility index (Phi) is 5.28. The molecular weight excluding hydrogens is 288 g/mol. The molecule has 1 unspecified atom stereocenters. The summed E-state index contributed by atoms with van der Waals surface area (Å²) in [5, 5.41) is 3.43. The maximum Gasteiger partial charge on any atom is 0.225 e. The molecule has 2 fully saturated rings. The summed E-state index contributed by atoms with van der Waals surface area (Å²) in [7, 11) is 0. The predicted octanol–water partition coefficient (Wildman–Crippen LogP) is 1.67. The first-order valence-electron chi connectivity index (χ1n) is 8.81. The minimum absolute atomic E-state index is 0.216. The third-order valence-corrected chi connectivity index (χ3v) is 5.31. The zero-order valence-electron chi connectivity index (χ0n) is 14.2. The SMILES string of the molecule is CC(c1cccnc1)N1CCN(C(=O)[C@H]2CCN[C@@H](C)C2)CC1. The monoisotopic (exact) mass is 316 g/mol. The van der Waals surface area contributed by atoms with Gasteiger partial charge in [-0.05, 0) is 44.9 Å². The largest absolute Gasteiger partial charge is 0.340 e. The van der Waals surface area contributed by atoms with Crippen LogP contribution in [0.15, 0.2) is 24.5 Å². The number of carbonyl (C=O) groups excluding carboxylic acids is 1. The van der Waals surface area contributed by atoms with E-state index in [9.17, 15) is 4.79 Å². The molecule has 3 atom stereocenters. The highest BCUT2D eigenvalue weighted by molar-refractivity contribution is 5.79. The number of amides is 1. The van der Waals surface area contributed by atoms with Gasteiger partial charge in [-0.15, -0.1) is 0 Å². The van der Waals surface area contributed by atoms with Crippen molar-refractivity contribution in [3.05, 3.63) is 30.1 Å². The molecule has 3 rings (SSSR count). The number of nitrogens with zero attached hydrogens (tertiary/aromatic N) is 3. The van der Waals surface area contributed by atoms with Crippen LogP contribution in [0.5, 0.6) is 0 Å². The fraction of sp³-hybridized carbons (Fsp3) is 0.667. The van der Waals surface area contributed by atoms with Gasteiger partial charge in [0.2, 0.25) is 5.91 Å². The summed E-state index contributed by atoms with van der Waals surface area (Å²) in [4.78, 5) is 21.5. The van der Waals surface area contributed by atoms with Crippen LogP contribution in [0.2, 0.25) is 0 Å². The van der Waals surface area contributed by atoms with Gasteiger partial charge in [0, 0.05) is 56.6 Å². The zero-order valence-corrected chi connectivity index (χ0v) is 14.2. The van der Waals surface area contributed by atoms with Crippen LogP contribution < -0.4 is 5.32 Å². The van der Waals surface area contributed by atoms with Crippen molar-refractivity contribution < 1.29 is 4.79 Å². The van der Waals surface area contributed by atoms with Crippen LogP contribution in [-0.2, 0) is 4.79 Å². The lowest BCUT2D eigenvalue weighted by molar-refractivity contribution is -0.138. The lowest BCUT2D eigenvalue weighted by Crippen LogP contribution is -2.52. The van der Waals surface area contributed by atoms with E-state index in [-0.39, 0.29) is 5.92 Å². The second-order valence-electron chi connectivity index (χ2n) is 6.90. The number of piperidine rings is 1. The van der Waals surface area contributed by atoms with Crippen molar-refractivity contribution in [3.63, 3.8) is 0 Å². The predicted molar refractivity (Wildman–Crippen MR) is 91.0 cm³/mol. The van der Waals surface area contributed by atoms with Crippen LogP contribution in [0.4, 0.5) is 0 Å². The highest BCUT2D eigenvalue weighted by atomic mass is 16.2. The molecule has 0 aliphatic carbocycles. The summed E-state index contributed by atoms with van der Waals surface area (Å²) in [6.07, 6.45) is 5.71. The molecule has 1 aromatic rings. The highest BCUT2D eigenvalue weighted by Gasteiger charge is 2.31. The molecule has 0 saturated carbocycles. The third-order valence-electron chi connectivity index (χ3n) is 5.31. The molecule has 2 aliphatic rings. The second-order valence-corrected chi connectivity index (χ2v) is 6.90. The van der Waals surface area contributed by atoms with E-state index in [4.69, 9.17) is 0 Å². The first-order valence-corrected chi connectivity index (χ1v) is 8.81. The summed E-state index contributed by atoms with van der Waals surface area (Å²) >= 11 is 0. The molecule has 3 heterocycles. The zero-order chi connectivity index (χ0) is 16.2. The van der Waals surface area contributed by atoms with E-state index >= 15 is 0 Å². The Morgan fingerprint density at radius 3 is 2.78 bits per heavy atom. The van der Waals surface area contributed by atoms with Gasteiger partial charge in [-0.25, -0.2) is 0 Å². The molecule has 0 aromatic carbocycles. The van der Waals surface area contributed by atoms with E-state index in [0.717, 1.165) is 45.6 Å². The molecule has 0 radical (unpaired) electrons. The first kappa shape index (κ1) is 16.4. The number of carbonyl (C=O) groups is 1. The average Bonchev–Trinajstić information content (AvgIpc) is 2.61. The molecule has 23 heavy (non-hydrogen) atoms. The number of rotatable bonds is 3. The number of hydrogen-bond acceptors (Lipinski definition) is 4. The van der Waals surface area contributed by atoms with Crippen LogP contribution >= 0.6 is 0 Å². The van der Waals surface area contributed by atoms with Crippen LogP contribution in [0.1, 0.15) is 38.3 Å². The van der Waals surface area contributed by atoms with Crippen molar-refractivity contribution in [2.24, 2.45) is 5.92 Å². The minimum atomic E-state index is 0.216. The van der Waals surface area contributed by atoms with Gasteiger partial charge in [0.1, 0.15) is 0 Å². The Bertz CT molecular complexity index is 513. The molecule has 5 nitrogen and oxygen atoms in total. The van der Waals surface area contributed by atoms with Crippen LogP contribution in [0.25, 0.3) is 0 Å². The maximum absolute atomic E-state index is 12.7. The number of pyridine rings is 1. The molecule has 2 aliphatic heterocycles. The Morgan fingerprint density at radius 2 is 2.13 bits per heavy atom. The van der Waals surface area contributed by atoms with E-state index in [0.29, 0.717) is 18.0 Å². The molecule has 126 valence electrons. The van der Waals surface area contributed by atoms with Crippen molar-refractivity contribution in [2.45, 2.75) is 38.8 Å². The van der Waals surface area contributed by atoms with Gasteiger partial charge in [-0.2, -0.15) is 0 Å². The Labute approximate surface area is 139 Å². The molecule has 0 spiro atoms. The van der Waals surface area contributed by atoms with E-state index in [1.165, 1.54) is 5.56 Å². The summed E-state index contributed by atoms with van der Waals surface area (Å²) < 4.78 is 0. The summed E-state index contributed by atoms with van der Waals surface area (Å²) in [6.45, 7) is 8.96. The smallest absolute Gasteiger partial charge is 0.225 e. The third kappa shape index (κ3) is 3.90. The minimum Gasteiger partial charge on any atom is -0.340 e. The van der Waals surface area contributed by atoms with E-state index in [2.05, 4.69) is 40.0 Å². The fourth-order valence-corrected chi connectivity index (χ4v) is 3.78. The topological polar surface area (TPSA) is 48.5 Å². The van der Waals surface area contributed by atoms with Gasteiger partial charge in [0.05, 0.1) is 0 Å². The summed E-state index contributed by atoms with van der Waals surface area (Å²) in [5.74, 6) is 0.584. The fourth-order valence-electron chi connectivity index (χ4n) is 3.78. The first-order chi connectivity index (χ1) is 11.1. The van der Waals surface area contributed by atoms with Crippen molar-refractivity contribution in [1.82, 2.24) is 20.1 Å². The standard InChI is InChI=1S/C18H28N4O/c1-14-12-16(5-7-20-14)18(23)22-10-8-21(9-11-22)15(2)17-4-3-6-19-13-17/h3-4,6,13-16,20H,5,7-12H2,1-2H3/t14-,15?,16-/m0/s1. The van der Waals surface area contributed by atoms with Gasteiger partial charge in [0.25, 0.3) is 0 Å². The van der Waals surface area contributed by atoms with Gasteiger partial charge >= 0.3 is 0 Å². The maximum atomic E-state index is 12.7. The number of piperazine rings is 1. The molecular formula is C18H28N4O. The average molecular weight is 316 g/mol.